The number of amides is 1. The molecule has 1 aromatic heterocycles. The first-order valence-corrected chi connectivity index (χ1v) is 9.31. The van der Waals surface area contributed by atoms with Crippen LogP contribution < -0.4 is 5.32 Å². The maximum atomic E-state index is 13.1. The summed E-state index contributed by atoms with van der Waals surface area (Å²) in [5.74, 6) is -0.222. The third kappa shape index (κ3) is 4.41. The van der Waals surface area contributed by atoms with E-state index in [1.54, 1.807) is 18.2 Å². The van der Waals surface area contributed by atoms with Gasteiger partial charge in [-0.25, -0.2) is 4.39 Å². The third-order valence-electron chi connectivity index (χ3n) is 4.74. The SMILES string of the molecule is O=C(NCC(c1ccccc1)c1ccccc1)c1cc(-c2ccc(F)cc2)on1. The second-order valence-corrected chi connectivity index (χ2v) is 6.67. The molecule has 0 aliphatic carbocycles. The number of rotatable bonds is 6. The molecule has 0 atom stereocenters. The van der Waals surface area contributed by atoms with E-state index >= 15 is 0 Å². The highest BCUT2D eigenvalue weighted by Crippen LogP contribution is 2.24. The van der Waals surface area contributed by atoms with Crippen molar-refractivity contribution in [3.63, 3.8) is 0 Å². The number of hydrogen-bond donors (Lipinski definition) is 1. The quantitative estimate of drug-likeness (QED) is 0.505. The van der Waals surface area contributed by atoms with E-state index in [0.29, 0.717) is 17.9 Å². The van der Waals surface area contributed by atoms with Crippen LogP contribution >= 0.6 is 0 Å². The summed E-state index contributed by atoms with van der Waals surface area (Å²) >= 11 is 0. The standard InChI is InChI=1S/C24H19FN2O2/c25-20-13-11-19(12-14-20)23-15-22(27-29-23)24(28)26-16-21(17-7-3-1-4-8-17)18-9-5-2-6-10-18/h1-15,21H,16H2,(H,26,28). The lowest BCUT2D eigenvalue weighted by Gasteiger charge is -2.18. The molecule has 0 aliphatic heterocycles. The highest BCUT2D eigenvalue weighted by atomic mass is 19.1. The van der Waals surface area contributed by atoms with Gasteiger partial charge in [0, 0.05) is 24.1 Å². The van der Waals surface area contributed by atoms with E-state index in [4.69, 9.17) is 4.52 Å². The van der Waals surface area contributed by atoms with Gasteiger partial charge in [0.2, 0.25) is 0 Å². The fourth-order valence-corrected chi connectivity index (χ4v) is 3.22. The van der Waals surface area contributed by atoms with Gasteiger partial charge in [-0.2, -0.15) is 0 Å². The summed E-state index contributed by atoms with van der Waals surface area (Å²) in [6, 6.07) is 27.5. The van der Waals surface area contributed by atoms with Crippen molar-refractivity contribution in [2.24, 2.45) is 0 Å². The first-order chi connectivity index (χ1) is 14.2. The lowest BCUT2D eigenvalue weighted by atomic mass is 9.91. The number of hydrogen-bond acceptors (Lipinski definition) is 3. The molecule has 5 heteroatoms. The van der Waals surface area contributed by atoms with Crippen molar-refractivity contribution in [2.75, 3.05) is 6.54 Å². The van der Waals surface area contributed by atoms with Gasteiger partial charge >= 0.3 is 0 Å². The second-order valence-electron chi connectivity index (χ2n) is 6.67. The van der Waals surface area contributed by atoms with E-state index in [1.807, 2.05) is 60.7 Å². The van der Waals surface area contributed by atoms with Crippen LogP contribution in [0.15, 0.2) is 95.5 Å². The first kappa shape index (κ1) is 18.6. The minimum Gasteiger partial charge on any atom is -0.355 e. The Morgan fingerprint density at radius 3 is 2.07 bits per heavy atom. The summed E-state index contributed by atoms with van der Waals surface area (Å²) in [4.78, 5) is 12.6. The predicted molar refractivity (Wildman–Crippen MR) is 109 cm³/mol. The van der Waals surface area contributed by atoms with Crippen LogP contribution in [0.4, 0.5) is 4.39 Å². The summed E-state index contributed by atoms with van der Waals surface area (Å²) in [5, 5.41) is 6.81. The molecule has 1 heterocycles. The number of carbonyl (C=O) groups is 1. The summed E-state index contributed by atoms with van der Waals surface area (Å²) in [6.07, 6.45) is 0. The molecule has 144 valence electrons. The molecular formula is C24H19FN2O2. The number of carbonyl (C=O) groups excluding carboxylic acids is 1. The molecule has 4 aromatic rings. The number of aromatic nitrogens is 1. The number of nitrogens with one attached hydrogen (secondary N) is 1. The van der Waals surface area contributed by atoms with Crippen LogP contribution in [0.3, 0.4) is 0 Å². The van der Waals surface area contributed by atoms with Crippen molar-refractivity contribution in [1.29, 1.82) is 0 Å². The average Bonchev–Trinajstić information content (AvgIpc) is 3.26. The normalized spacial score (nSPS) is 10.8. The zero-order chi connectivity index (χ0) is 20.1. The first-order valence-electron chi connectivity index (χ1n) is 9.31. The van der Waals surface area contributed by atoms with Crippen LogP contribution in [0.2, 0.25) is 0 Å². The summed E-state index contributed by atoms with van der Waals surface area (Å²) < 4.78 is 18.3. The summed E-state index contributed by atoms with van der Waals surface area (Å²) in [5.41, 5.74) is 3.07. The molecular weight excluding hydrogens is 367 g/mol. The van der Waals surface area contributed by atoms with Crippen LogP contribution in [0.1, 0.15) is 27.5 Å². The van der Waals surface area contributed by atoms with Crippen molar-refractivity contribution in [1.82, 2.24) is 10.5 Å². The van der Waals surface area contributed by atoms with Gasteiger partial charge < -0.3 is 9.84 Å². The van der Waals surface area contributed by atoms with Crippen molar-refractivity contribution in [3.8, 4) is 11.3 Å². The van der Waals surface area contributed by atoms with Crippen molar-refractivity contribution in [2.45, 2.75) is 5.92 Å². The summed E-state index contributed by atoms with van der Waals surface area (Å²) in [6.45, 7) is 0.422. The second kappa shape index (κ2) is 8.52. The lowest BCUT2D eigenvalue weighted by Crippen LogP contribution is -2.29. The van der Waals surface area contributed by atoms with Crippen LogP contribution in [0, 0.1) is 5.82 Å². The Balaban J connectivity index is 1.49. The molecule has 1 amide bonds. The predicted octanol–water partition coefficient (Wildman–Crippen LogP) is 5.04. The maximum Gasteiger partial charge on any atom is 0.273 e. The van der Waals surface area contributed by atoms with Gasteiger partial charge in [-0.15, -0.1) is 0 Å². The zero-order valence-electron chi connectivity index (χ0n) is 15.6. The molecule has 0 bridgehead atoms. The van der Waals surface area contributed by atoms with Gasteiger partial charge in [0.15, 0.2) is 11.5 Å². The number of benzene rings is 3. The fraction of sp³-hybridized carbons (Fsp3) is 0.0833. The van der Waals surface area contributed by atoms with Crippen LogP contribution in [-0.4, -0.2) is 17.6 Å². The Bertz CT molecular complexity index is 1040. The fourth-order valence-electron chi connectivity index (χ4n) is 3.22. The van der Waals surface area contributed by atoms with E-state index in [0.717, 1.165) is 11.1 Å². The molecule has 4 rings (SSSR count). The highest BCUT2D eigenvalue weighted by Gasteiger charge is 2.18. The molecule has 1 N–H and O–H groups in total. The molecule has 0 fully saturated rings. The van der Waals surface area contributed by atoms with E-state index in [2.05, 4.69) is 10.5 Å². The number of halogens is 1. The summed E-state index contributed by atoms with van der Waals surface area (Å²) in [7, 11) is 0. The Kier molecular flexibility index (Phi) is 5.47. The van der Waals surface area contributed by atoms with Gasteiger partial charge in [0.25, 0.3) is 5.91 Å². The molecule has 4 nitrogen and oxygen atoms in total. The zero-order valence-corrected chi connectivity index (χ0v) is 15.6. The van der Waals surface area contributed by atoms with Crippen LogP contribution in [0.25, 0.3) is 11.3 Å². The average molecular weight is 386 g/mol. The monoisotopic (exact) mass is 386 g/mol. The third-order valence-corrected chi connectivity index (χ3v) is 4.74. The highest BCUT2D eigenvalue weighted by molar-refractivity contribution is 5.93. The van der Waals surface area contributed by atoms with Crippen molar-refractivity contribution in [3.05, 3.63) is 114 Å². The lowest BCUT2D eigenvalue weighted by molar-refractivity contribution is 0.0943. The maximum absolute atomic E-state index is 13.1. The smallest absolute Gasteiger partial charge is 0.273 e. The van der Waals surface area contributed by atoms with E-state index in [1.165, 1.54) is 12.1 Å². The molecule has 0 unspecified atom stereocenters. The van der Waals surface area contributed by atoms with Gasteiger partial charge in [-0.1, -0.05) is 65.8 Å². The van der Waals surface area contributed by atoms with E-state index < -0.39 is 0 Å². The Morgan fingerprint density at radius 2 is 1.48 bits per heavy atom. The largest absolute Gasteiger partial charge is 0.355 e. The Hall–Kier alpha value is -3.73. The van der Waals surface area contributed by atoms with Crippen LogP contribution in [0.5, 0.6) is 0 Å². The molecule has 0 saturated heterocycles. The van der Waals surface area contributed by atoms with Crippen molar-refractivity contribution >= 4 is 5.91 Å². The van der Waals surface area contributed by atoms with Gasteiger partial charge in [-0.3, -0.25) is 4.79 Å². The topological polar surface area (TPSA) is 55.1 Å². The molecule has 0 radical (unpaired) electrons. The van der Waals surface area contributed by atoms with Crippen molar-refractivity contribution < 1.29 is 13.7 Å². The molecule has 3 aromatic carbocycles. The Labute approximate surface area is 168 Å². The number of nitrogens with zero attached hydrogens (tertiary/aromatic N) is 1. The van der Waals surface area contributed by atoms with Gasteiger partial charge in [-0.05, 0) is 35.4 Å². The minimum absolute atomic E-state index is 0.0184. The van der Waals surface area contributed by atoms with E-state index in [-0.39, 0.29) is 23.3 Å². The van der Waals surface area contributed by atoms with E-state index in [9.17, 15) is 9.18 Å². The molecule has 0 spiro atoms. The van der Waals surface area contributed by atoms with Gasteiger partial charge in [0.1, 0.15) is 5.82 Å². The molecule has 29 heavy (non-hydrogen) atoms. The Morgan fingerprint density at radius 1 is 0.897 bits per heavy atom. The molecule has 0 aliphatic rings. The van der Waals surface area contributed by atoms with Gasteiger partial charge in [0.05, 0.1) is 0 Å². The molecule has 0 saturated carbocycles. The van der Waals surface area contributed by atoms with Crippen LogP contribution in [-0.2, 0) is 0 Å². The minimum atomic E-state index is -0.334.